The lowest BCUT2D eigenvalue weighted by molar-refractivity contribution is -0.584. The lowest BCUT2D eigenvalue weighted by Crippen LogP contribution is -2.64. The second-order valence-electron chi connectivity index (χ2n) is 20.0. The molecule has 2 atom stereocenters. The number of nitrogens with zero attached hydrogens (tertiary/aromatic N) is 13. The zero-order valence-corrected chi connectivity index (χ0v) is 38.2. The summed E-state index contributed by atoms with van der Waals surface area (Å²) >= 11 is 0. The van der Waals surface area contributed by atoms with E-state index in [1.54, 1.807) is 39.9 Å². The Morgan fingerprint density at radius 1 is 0.692 bits per heavy atom. The number of hydrogen-bond donors (Lipinski definition) is 5. The fraction of sp³-hybridized carbons (Fsp3) is 0.435. The van der Waals surface area contributed by atoms with Crippen molar-refractivity contribution in [2.45, 2.75) is 115 Å². The van der Waals surface area contributed by atoms with Gasteiger partial charge >= 0.3 is 5.65 Å². The Morgan fingerprint density at radius 2 is 1.23 bits per heavy atom. The number of benzene rings is 2. The van der Waals surface area contributed by atoms with Crippen LogP contribution in [0.5, 0.6) is 11.5 Å². The molecular formula is C46H56FN16O2+. The smallest absolute Gasteiger partial charge is 0.327 e. The van der Waals surface area contributed by atoms with Gasteiger partial charge in [0.2, 0.25) is 11.9 Å². The van der Waals surface area contributed by atoms with Crippen LogP contribution >= 0.6 is 0 Å². The second-order valence-corrected chi connectivity index (χ2v) is 20.0. The van der Waals surface area contributed by atoms with E-state index >= 15 is 0 Å². The number of tetrazole rings is 1. The predicted octanol–water partition coefficient (Wildman–Crippen LogP) is 5.50. The third-order valence-corrected chi connectivity index (χ3v) is 12.7. The van der Waals surface area contributed by atoms with Gasteiger partial charge in [0.25, 0.3) is 0 Å². The molecule has 19 heteroatoms. The number of anilines is 2. The van der Waals surface area contributed by atoms with Gasteiger partial charge in [-0.3, -0.25) is 5.10 Å². The minimum atomic E-state index is -0.510. The van der Waals surface area contributed by atoms with Crippen LogP contribution in [0.15, 0.2) is 73.3 Å². The van der Waals surface area contributed by atoms with Crippen LogP contribution in [0.2, 0.25) is 0 Å². The first-order valence-corrected chi connectivity index (χ1v) is 21.8. The standard InChI is InChI=1S/C46H55FN16O2/c1-43(2)19-30(20-44(3,4)57-43)60(8)41-48-24-35(51-54-41)32-12-10-27(16-37(32)64)28-14-15-62-39(18-28)56-63(59-62)26-46(7)22-31(21-45(5,6)58-46)61(9)42-49-25-36(52-55-42)33-13-11-29(17-38(33)65)40-34(47)23-50-53-40/h10-18,23-25,30-31,57-58H,19-22,26H2,1-9H3,(H2-,50,51,52,53,64,65)/p+1. The molecule has 2 unspecified atom stereocenters. The predicted molar refractivity (Wildman–Crippen MR) is 243 cm³/mol. The van der Waals surface area contributed by atoms with Crippen molar-refractivity contribution in [1.82, 2.24) is 66.3 Å². The summed E-state index contributed by atoms with van der Waals surface area (Å²) in [5, 5.41) is 63.4. The van der Waals surface area contributed by atoms with E-state index in [4.69, 9.17) is 10.3 Å². The molecule has 65 heavy (non-hydrogen) atoms. The van der Waals surface area contributed by atoms with Gasteiger partial charge in [-0.05, 0) is 120 Å². The second kappa shape index (κ2) is 16.1. The number of aromatic nitrogens is 12. The Hall–Kier alpha value is -6.73. The summed E-state index contributed by atoms with van der Waals surface area (Å²) in [6.07, 6.45) is 9.66. The van der Waals surface area contributed by atoms with Crippen molar-refractivity contribution >= 4 is 17.5 Å². The van der Waals surface area contributed by atoms with Crippen LogP contribution in [0.3, 0.4) is 0 Å². The molecule has 2 aromatic carbocycles. The van der Waals surface area contributed by atoms with Crippen LogP contribution in [0.4, 0.5) is 16.3 Å². The van der Waals surface area contributed by atoms with Crippen LogP contribution in [0.25, 0.3) is 50.5 Å². The van der Waals surface area contributed by atoms with E-state index in [1.165, 1.54) is 6.07 Å². The van der Waals surface area contributed by atoms with Gasteiger partial charge in [-0.15, -0.1) is 24.9 Å². The fourth-order valence-corrected chi connectivity index (χ4v) is 10.2. The van der Waals surface area contributed by atoms with Gasteiger partial charge in [0.05, 0.1) is 40.6 Å². The average Bonchev–Trinajstić information content (AvgIpc) is 3.85. The van der Waals surface area contributed by atoms with Gasteiger partial charge < -0.3 is 30.6 Å². The summed E-state index contributed by atoms with van der Waals surface area (Å²) in [5.41, 5.74) is 4.12. The number of aromatic amines is 1. The van der Waals surface area contributed by atoms with E-state index in [1.807, 2.05) is 49.5 Å². The summed E-state index contributed by atoms with van der Waals surface area (Å²) in [5.74, 6) is 0.484. The number of H-pyrrole nitrogens is 1. The van der Waals surface area contributed by atoms with Gasteiger partial charge in [-0.25, -0.2) is 14.4 Å². The third-order valence-electron chi connectivity index (χ3n) is 12.7. The zero-order chi connectivity index (χ0) is 46.1. The molecule has 2 aliphatic rings. The number of fused-ring (bicyclic) bond motifs is 1. The van der Waals surface area contributed by atoms with Crippen LogP contribution < -0.4 is 24.9 Å². The Kier molecular flexibility index (Phi) is 10.8. The molecule has 5 aromatic heterocycles. The zero-order valence-electron chi connectivity index (χ0n) is 38.2. The number of nitrogens with one attached hydrogen (secondary N) is 3. The van der Waals surface area contributed by atoms with Gasteiger partial charge in [0.1, 0.15) is 35.1 Å². The molecule has 7 aromatic rings. The Morgan fingerprint density at radius 3 is 1.77 bits per heavy atom. The number of aromatic hydroxyl groups is 2. The van der Waals surface area contributed by atoms with E-state index in [9.17, 15) is 14.6 Å². The van der Waals surface area contributed by atoms with Crippen LogP contribution in [0, 0.1) is 5.82 Å². The van der Waals surface area contributed by atoms with E-state index in [0.29, 0.717) is 52.2 Å². The highest BCUT2D eigenvalue weighted by atomic mass is 19.1. The minimum Gasteiger partial charge on any atom is -0.507 e. The van der Waals surface area contributed by atoms with E-state index in [2.05, 4.69) is 105 Å². The number of piperidine rings is 2. The summed E-state index contributed by atoms with van der Waals surface area (Å²) in [4.78, 5) is 15.2. The molecule has 18 nitrogen and oxygen atoms in total. The molecule has 0 saturated carbocycles. The molecule has 7 heterocycles. The molecule has 0 radical (unpaired) electrons. The van der Waals surface area contributed by atoms with E-state index < -0.39 is 11.4 Å². The normalized spacial score (nSPS) is 20.5. The average molecular weight is 884 g/mol. The van der Waals surface area contributed by atoms with Crippen molar-refractivity contribution < 1.29 is 19.1 Å². The quantitative estimate of drug-likeness (QED) is 0.107. The van der Waals surface area contributed by atoms with Crippen molar-refractivity contribution in [3.05, 3.63) is 79.1 Å². The molecule has 338 valence electrons. The maximum absolute atomic E-state index is 14.1. The van der Waals surface area contributed by atoms with Gasteiger partial charge in [0.15, 0.2) is 5.82 Å². The van der Waals surface area contributed by atoms with Gasteiger partial charge in [-0.1, -0.05) is 12.1 Å². The first-order valence-electron chi connectivity index (χ1n) is 21.8. The van der Waals surface area contributed by atoms with Crippen LogP contribution in [-0.2, 0) is 6.54 Å². The molecule has 2 saturated heterocycles. The monoisotopic (exact) mass is 883 g/mol. The lowest BCUT2D eigenvalue weighted by atomic mass is 9.78. The van der Waals surface area contributed by atoms with Gasteiger partial charge in [0, 0.05) is 65.6 Å². The first kappa shape index (κ1) is 43.5. The number of halogens is 1. The van der Waals surface area contributed by atoms with Crippen LogP contribution in [0.1, 0.15) is 74.1 Å². The molecule has 2 fully saturated rings. The Bertz CT molecular complexity index is 2850. The van der Waals surface area contributed by atoms with Crippen molar-refractivity contribution in [1.29, 1.82) is 0 Å². The Balaban J connectivity index is 0.869. The molecular weight excluding hydrogens is 828 g/mol. The molecule has 5 N–H and O–H groups in total. The highest BCUT2D eigenvalue weighted by Gasteiger charge is 2.45. The molecule has 0 bridgehead atoms. The summed E-state index contributed by atoms with van der Waals surface area (Å²) in [7, 11) is 3.98. The minimum absolute atomic E-state index is 0.0172. The molecule has 0 amide bonds. The number of rotatable bonds is 10. The summed E-state index contributed by atoms with van der Waals surface area (Å²) in [6.45, 7) is 15.9. The topological polar surface area (TPSA) is 212 Å². The van der Waals surface area contributed by atoms with Crippen molar-refractivity contribution in [3.8, 4) is 56.4 Å². The SMILES string of the molecule is CN(c1ncc(-c2ccc(-c3cc[n+]4nn(CC5(C)CC(N(C)c6ncc(-c7ccc(-c8[nH]ncc8F)cc7O)nn6)CC(C)(C)N5)nc4c3)cc2O)nn1)C1CC(C)(C)NC(C)(C)C1. The number of hydrogen-bond acceptors (Lipinski definition) is 15. The summed E-state index contributed by atoms with van der Waals surface area (Å²) < 4.78 is 15.8. The number of phenols is 2. The molecule has 2 aliphatic heterocycles. The molecule has 0 aliphatic carbocycles. The van der Waals surface area contributed by atoms with Gasteiger partial charge in [-0.2, -0.15) is 5.10 Å². The maximum atomic E-state index is 14.1. The maximum Gasteiger partial charge on any atom is 0.327 e. The largest absolute Gasteiger partial charge is 0.507 e. The molecule has 0 spiro atoms. The lowest BCUT2D eigenvalue weighted by Gasteiger charge is -2.49. The fourth-order valence-electron chi connectivity index (χ4n) is 10.2. The van der Waals surface area contributed by atoms with Crippen molar-refractivity contribution in [3.63, 3.8) is 0 Å². The highest BCUT2D eigenvalue weighted by molar-refractivity contribution is 5.75. The summed E-state index contributed by atoms with van der Waals surface area (Å²) in [6, 6.07) is 14.5. The van der Waals surface area contributed by atoms with Crippen molar-refractivity contribution in [2.24, 2.45) is 0 Å². The van der Waals surface area contributed by atoms with Crippen molar-refractivity contribution in [2.75, 3.05) is 23.9 Å². The Labute approximate surface area is 376 Å². The van der Waals surface area contributed by atoms with E-state index in [-0.39, 0.29) is 45.9 Å². The van der Waals surface area contributed by atoms with E-state index in [0.717, 1.165) is 43.0 Å². The third kappa shape index (κ3) is 9.02. The highest BCUT2D eigenvalue weighted by Crippen LogP contribution is 2.37. The van der Waals surface area contributed by atoms with Crippen LogP contribution in [-0.4, -0.2) is 114 Å². The molecule has 9 rings (SSSR count). The first-order chi connectivity index (χ1) is 30.7. The number of phenolic OH excluding ortho intramolecular Hbond substituents is 2. The number of pyridine rings is 1.